The summed E-state index contributed by atoms with van der Waals surface area (Å²) in [5.74, 6) is 0.756. The average molecular weight is 301 g/mol. The molecule has 116 valence electrons. The zero-order valence-electron chi connectivity index (χ0n) is 12.5. The third-order valence-corrected chi connectivity index (χ3v) is 4.05. The fraction of sp³-hybridized carbons (Fsp3) is 0.467. The zero-order chi connectivity index (χ0) is 15.5. The van der Waals surface area contributed by atoms with Gasteiger partial charge in [-0.25, -0.2) is 10.1 Å². The van der Waals surface area contributed by atoms with Gasteiger partial charge in [0.25, 0.3) is 11.5 Å². The summed E-state index contributed by atoms with van der Waals surface area (Å²) in [4.78, 5) is 30.1. The molecule has 1 fully saturated rings. The van der Waals surface area contributed by atoms with Crippen LogP contribution in [-0.4, -0.2) is 37.1 Å². The van der Waals surface area contributed by atoms with Crippen LogP contribution in [0.25, 0.3) is 0 Å². The van der Waals surface area contributed by atoms with Crippen molar-refractivity contribution in [1.82, 2.24) is 24.6 Å². The molecular formula is C15H19N5O2. The van der Waals surface area contributed by atoms with E-state index in [4.69, 9.17) is 0 Å². The summed E-state index contributed by atoms with van der Waals surface area (Å²) in [5.41, 5.74) is -0.0469. The van der Waals surface area contributed by atoms with E-state index in [1.807, 2.05) is 11.1 Å². The Balaban J connectivity index is 1.91. The Kier molecular flexibility index (Phi) is 4.04. The van der Waals surface area contributed by atoms with Crippen molar-refractivity contribution >= 4 is 5.91 Å². The number of nitrogens with one attached hydrogen (secondary N) is 1. The first-order valence-corrected chi connectivity index (χ1v) is 7.58. The Morgan fingerprint density at radius 1 is 1.41 bits per heavy atom. The molecule has 7 heteroatoms. The number of carbonyl (C=O) groups excluding carboxylic acids is 1. The smallest absolute Gasteiger partial charge is 0.274 e. The minimum absolute atomic E-state index is 0.0371. The number of amides is 1. The molecule has 1 aliphatic rings. The third-order valence-electron chi connectivity index (χ3n) is 4.05. The summed E-state index contributed by atoms with van der Waals surface area (Å²) in [7, 11) is 0. The minimum atomic E-state index is -0.312. The van der Waals surface area contributed by atoms with Crippen LogP contribution in [0.3, 0.4) is 0 Å². The van der Waals surface area contributed by atoms with Crippen LogP contribution >= 0.6 is 0 Å². The normalized spacial score (nSPS) is 18.4. The Labute approximate surface area is 128 Å². The lowest BCUT2D eigenvalue weighted by Crippen LogP contribution is -2.40. The van der Waals surface area contributed by atoms with Crippen molar-refractivity contribution in [3.05, 3.63) is 46.4 Å². The van der Waals surface area contributed by atoms with Gasteiger partial charge in [0.05, 0.1) is 6.04 Å². The summed E-state index contributed by atoms with van der Waals surface area (Å²) in [5, 5.41) is 6.17. The van der Waals surface area contributed by atoms with E-state index in [9.17, 15) is 9.59 Å². The predicted octanol–water partition coefficient (Wildman–Crippen LogP) is 1.35. The van der Waals surface area contributed by atoms with Crippen molar-refractivity contribution in [1.29, 1.82) is 0 Å². The van der Waals surface area contributed by atoms with Crippen LogP contribution < -0.4 is 5.56 Å². The topological polar surface area (TPSA) is 83.9 Å². The Bertz CT molecular complexity index is 700. The molecule has 1 aliphatic heterocycles. The highest BCUT2D eigenvalue weighted by Gasteiger charge is 2.31. The summed E-state index contributed by atoms with van der Waals surface area (Å²) >= 11 is 0. The number of aryl methyl sites for hydroxylation is 1. The molecule has 0 radical (unpaired) electrons. The fourth-order valence-corrected chi connectivity index (χ4v) is 2.94. The van der Waals surface area contributed by atoms with Gasteiger partial charge < -0.3 is 9.47 Å². The van der Waals surface area contributed by atoms with Gasteiger partial charge in [-0.1, -0.05) is 0 Å². The molecule has 1 saturated heterocycles. The molecule has 7 nitrogen and oxygen atoms in total. The minimum Gasteiger partial charge on any atom is -0.333 e. The van der Waals surface area contributed by atoms with Crippen LogP contribution in [0.1, 0.15) is 48.5 Å². The van der Waals surface area contributed by atoms with Gasteiger partial charge in [0.15, 0.2) is 0 Å². The second kappa shape index (κ2) is 6.13. The molecule has 1 unspecified atom stereocenters. The van der Waals surface area contributed by atoms with Crippen LogP contribution in [0.4, 0.5) is 0 Å². The van der Waals surface area contributed by atoms with Gasteiger partial charge in [-0.05, 0) is 32.3 Å². The lowest BCUT2D eigenvalue weighted by atomic mass is 10.0. The molecule has 22 heavy (non-hydrogen) atoms. The number of imidazole rings is 1. The molecule has 3 heterocycles. The molecule has 1 N–H and O–H groups in total. The van der Waals surface area contributed by atoms with E-state index in [0.29, 0.717) is 6.54 Å². The fourth-order valence-electron chi connectivity index (χ4n) is 2.94. The molecule has 3 rings (SSSR count). The quantitative estimate of drug-likeness (QED) is 0.927. The molecule has 2 aromatic rings. The molecule has 0 aromatic carbocycles. The van der Waals surface area contributed by atoms with Crippen molar-refractivity contribution in [3.8, 4) is 0 Å². The molecule has 0 saturated carbocycles. The van der Waals surface area contributed by atoms with E-state index in [-0.39, 0.29) is 23.2 Å². The number of aromatic nitrogens is 4. The number of hydrogen-bond donors (Lipinski definition) is 1. The van der Waals surface area contributed by atoms with Crippen LogP contribution in [0.2, 0.25) is 0 Å². The number of aromatic amines is 1. The van der Waals surface area contributed by atoms with Gasteiger partial charge in [-0.15, -0.1) is 0 Å². The molecule has 0 bridgehead atoms. The molecule has 1 amide bonds. The maximum Gasteiger partial charge on any atom is 0.274 e. The monoisotopic (exact) mass is 301 g/mol. The van der Waals surface area contributed by atoms with Crippen LogP contribution in [0, 0.1) is 0 Å². The number of rotatable bonds is 3. The van der Waals surface area contributed by atoms with Crippen molar-refractivity contribution in [3.63, 3.8) is 0 Å². The molecule has 1 atom stereocenters. The first-order valence-electron chi connectivity index (χ1n) is 7.58. The van der Waals surface area contributed by atoms with Crippen molar-refractivity contribution in [2.45, 2.75) is 38.8 Å². The number of carbonyl (C=O) groups is 1. The van der Waals surface area contributed by atoms with Gasteiger partial charge in [-0.3, -0.25) is 9.59 Å². The number of hydrogen-bond acceptors (Lipinski definition) is 4. The summed E-state index contributed by atoms with van der Waals surface area (Å²) in [6, 6.07) is 2.76. The highest BCUT2D eigenvalue weighted by atomic mass is 16.2. The number of H-pyrrole nitrogens is 1. The van der Waals surface area contributed by atoms with Crippen LogP contribution in [0.15, 0.2) is 29.3 Å². The Hall–Kier alpha value is -2.44. The third kappa shape index (κ3) is 2.66. The number of likely N-dealkylation sites (tertiary alicyclic amines) is 1. The maximum absolute atomic E-state index is 12.7. The maximum atomic E-state index is 12.7. The standard InChI is InChI=1S/C15H19N5O2/c1-2-19-10-8-16-14(19)12-5-3-4-9-20(12)15(22)11-6-7-13(21)18-17-11/h6-8,10,12H,2-5,9H2,1H3,(H,18,21). The van der Waals surface area contributed by atoms with Crippen LogP contribution in [0.5, 0.6) is 0 Å². The van der Waals surface area contributed by atoms with E-state index < -0.39 is 0 Å². The second-order valence-corrected chi connectivity index (χ2v) is 5.39. The van der Waals surface area contributed by atoms with E-state index in [2.05, 4.69) is 26.7 Å². The van der Waals surface area contributed by atoms with Crippen LogP contribution in [-0.2, 0) is 6.54 Å². The van der Waals surface area contributed by atoms with Gasteiger partial charge in [-0.2, -0.15) is 5.10 Å². The van der Waals surface area contributed by atoms with Gasteiger partial charge in [0, 0.05) is 31.5 Å². The zero-order valence-corrected chi connectivity index (χ0v) is 12.5. The Morgan fingerprint density at radius 2 is 2.27 bits per heavy atom. The van der Waals surface area contributed by atoms with E-state index in [0.717, 1.165) is 31.6 Å². The molecule has 0 aliphatic carbocycles. The predicted molar refractivity (Wildman–Crippen MR) is 80.4 cm³/mol. The van der Waals surface area contributed by atoms with Crippen molar-refractivity contribution < 1.29 is 4.79 Å². The lowest BCUT2D eigenvalue weighted by molar-refractivity contribution is 0.0588. The van der Waals surface area contributed by atoms with Crippen molar-refractivity contribution in [2.24, 2.45) is 0 Å². The molecule has 2 aromatic heterocycles. The van der Waals surface area contributed by atoms with Gasteiger partial charge in [0.1, 0.15) is 11.5 Å². The summed E-state index contributed by atoms with van der Waals surface area (Å²) < 4.78 is 2.07. The summed E-state index contributed by atoms with van der Waals surface area (Å²) in [6.45, 7) is 3.56. The molecule has 0 spiro atoms. The highest BCUT2D eigenvalue weighted by molar-refractivity contribution is 5.92. The Morgan fingerprint density at radius 3 is 3.00 bits per heavy atom. The first kappa shape index (κ1) is 14.5. The number of nitrogens with zero attached hydrogens (tertiary/aromatic N) is 4. The molecular weight excluding hydrogens is 282 g/mol. The lowest BCUT2D eigenvalue weighted by Gasteiger charge is -2.35. The van der Waals surface area contributed by atoms with E-state index in [1.165, 1.54) is 12.1 Å². The summed E-state index contributed by atoms with van der Waals surface area (Å²) in [6.07, 6.45) is 6.65. The largest absolute Gasteiger partial charge is 0.333 e. The van der Waals surface area contributed by atoms with Gasteiger partial charge >= 0.3 is 0 Å². The van der Waals surface area contributed by atoms with E-state index >= 15 is 0 Å². The van der Waals surface area contributed by atoms with Gasteiger partial charge in [0.2, 0.25) is 0 Å². The highest BCUT2D eigenvalue weighted by Crippen LogP contribution is 2.30. The number of piperidine rings is 1. The first-order chi connectivity index (χ1) is 10.7. The van der Waals surface area contributed by atoms with E-state index in [1.54, 1.807) is 6.20 Å². The van der Waals surface area contributed by atoms with Crippen molar-refractivity contribution in [2.75, 3.05) is 6.54 Å². The average Bonchev–Trinajstić information content (AvgIpc) is 3.03. The SMILES string of the molecule is CCn1ccnc1C1CCCCN1C(=O)c1ccc(=O)[nH]n1. The second-order valence-electron chi connectivity index (χ2n) is 5.39.